The van der Waals surface area contributed by atoms with Crippen molar-refractivity contribution in [2.45, 2.75) is 62.9 Å². The highest BCUT2D eigenvalue weighted by Crippen LogP contribution is 2.43. The van der Waals surface area contributed by atoms with Gasteiger partial charge in [0.1, 0.15) is 0 Å². The molecule has 1 aromatic heterocycles. The Kier molecular flexibility index (Phi) is 4.41. The van der Waals surface area contributed by atoms with Crippen molar-refractivity contribution in [3.63, 3.8) is 0 Å². The lowest BCUT2D eigenvalue weighted by Gasteiger charge is -2.41. The zero-order chi connectivity index (χ0) is 14.9. The van der Waals surface area contributed by atoms with Crippen molar-refractivity contribution in [3.05, 3.63) is 16.3 Å². The molecule has 0 amide bonds. The van der Waals surface area contributed by atoms with Crippen molar-refractivity contribution >= 4 is 21.4 Å². The first-order chi connectivity index (χ1) is 10.0. The summed E-state index contributed by atoms with van der Waals surface area (Å²) in [6.45, 7) is 3.51. The molecule has 21 heavy (non-hydrogen) atoms. The van der Waals surface area contributed by atoms with Crippen molar-refractivity contribution in [3.8, 4) is 0 Å². The lowest BCUT2D eigenvalue weighted by atomic mass is 9.67. The molecule has 1 heterocycles. The van der Waals surface area contributed by atoms with Crippen LogP contribution in [0.2, 0.25) is 0 Å². The zero-order valence-corrected chi connectivity index (χ0v) is 14.2. The van der Waals surface area contributed by atoms with Crippen molar-refractivity contribution in [2.24, 2.45) is 5.41 Å². The Bertz CT molecular complexity index is 581. The van der Waals surface area contributed by atoms with Gasteiger partial charge in [0, 0.05) is 29.4 Å². The van der Waals surface area contributed by atoms with Crippen LogP contribution < -0.4 is 10.0 Å². The minimum Gasteiger partial charge on any atom is -0.309 e. The summed E-state index contributed by atoms with van der Waals surface area (Å²) >= 11 is 1.52. The number of rotatable bonds is 8. The van der Waals surface area contributed by atoms with E-state index >= 15 is 0 Å². The summed E-state index contributed by atoms with van der Waals surface area (Å²) in [7, 11) is -3.35. The van der Waals surface area contributed by atoms with Gasteiger partial charge in [-0.15, -0.1) is 11.3 Å². The quantitative estimate of drug-likeness (QED) is 0.771. The Labute approximate surface area is 131 Å². The summed E-state index contributed by atoms with van der Waals surface area (Å²) < 4.78 is 27.6. The van der Waals surface area contributed by atoms with E-state index in [2.05, 4.69) is 17.0 Å². The summed E-state index contributed by atoms with van der Waals surface area (Å²) in [5.41, 5.74) is 0.208. The number of sulfonamides is 1. The topological polar surface area (TPSA) is 58.2 Å². The first-order valence-electron chi connectivity index (χ1n) is 7.83. The molecule has 0 atom stereocenters. The Hall–Kier alpha value is -0.430. The normalized spacial score (nSPS) is 21.2. The van der Waals surface area contributed by atoms with Crippen molar-refractivity contribution < 1.29 is 8.42 Å². The van der Waals surface area contributed by atoms with Gasteiger partial charge in [0.15, 0.2) is 0 Å². The number of nitrogens with one attached hydrogen (secondary N) is 2. The van der Waals surface area contributed by atoms with Crippen LogP contribution in [0.3, 0.4) is 0 Å². The fourth-order valence-electron chi connectivity index (χ4n) is 2.79. The SMILES string of the molecule is CCC1(CNS(=O)(=O)c2csc(CNC3CC3)c2)CCC1. The molecule has 0 bridgehead atoms. The van der Waals surface area contributed by atoms with E-state index < -0.39 is 10.0 Å². The Morgan fingerprint density at radius 2 is 2.14 bits per heavy atom. The van der Waals surface area contributed by atoms with E-state index in [0.29, 0.717) is 17.5 Å². The average Bonchev–Trinajstić information content (AvgIpc) is 3.12. The van der Waals surface area contributed by atoms with Gasteiger partial charge in [-0.1, -0.05) is 13.3 Å². The Balaban J connectivity index is 1.58. The van der Waals surface area contributed by atoms with Gasteiger partial charge in [-0.3, -0.25) is 0 Å². The highest BCUT2D eigenvalue weighted by atomic mass is 32.2. The van der Waals surface area contributed by atoms with Crippen LogP contribution in [0.5, 0.6) is 0 Å². The van der Waals surface area contributed by atoms with Crippen molar-refractivity contribution in [2.75, 3.05) is 6.54 Å². The van der Waals surface area contributed by atoms with Gasteiger partial charge in [0.25, 0.3) is 0 Å². The molecule has 2 N–H and O–H groups in total. The van der Waals surface area contributed by atoms with Gasteiger partial charge < -0.3 is 5.32 Å². The van der Waals surface area contributed by atoms with Crippen LogP contribution in [-0.2, 0) is 16.6 Å². The maximum absolute atomic E-state index is 12.4. The summed E-state index contributed by atoms with van der Waals surface area (Å²) in [6.07, 6.45) is 7.06. The van der Waals surface area contributed by atoms with E-state index in [1.54, 1.807) is 5.38 Å². The molecule has 1 aromatic rings. The summed E-state index contributed by atoms with van der Waals surface area (Å²) in [5, 5.41) is 5.17. The summed E-state index contributed by atoms with van der Waals surface area (Å²) in [4.78, 5) is 1.52. The number of hydrogen-bond donors (Lipinski definition) is 2. The lowest BCUT2D eigenvalue weighted by molar-refractivity contribution is 0.133. The van der Waals surface area contributed by atoms with Crippen molar-refractivity contribution in [1.82, 2.24) is 10.0 Å². The summed E-state index contributed by atoms with van der Waals surface area (Å²) in [5.74, 6) is 0. The molecule has 0 aliphatic heterocycles. The van der Waals surface area contributed by atoms with Gasteiger partial charge >= 0.3 is 0 Å². The highest BCUT2D eigenvalue weighted by molar-refractivity contribution is 7.89. The van der Waals surface area contributed by atoms with E-state index in [0.717, 1.165) is 30.7 Å². The minimum absolute atomic E-state index is 0.208. The summed E-state index contributed by atoms with van der Waals surface area (Å²) in [6, 6.07) is 2.45. The molecule has 0 aromatic carbocycles. The van der Waals surface area contributed by atoms with Gasteiger partial charge in [0.2, 0.25) is 10.0 Å². The number of thiophene rings is 1. The van der Waals surface area contributed by atoms with Gasteiger partial charge in [-0.2, -0.15) is 0 Å². The first kappa shape index (κ1) is 15.5. The van der Waals surface area contributed by atoms with Crippen LogP contribution in [0.25, 0.3) is 0 Å². The molecule has 118 valence electrons. The zero-order valence-electron chi connectivity index (χ0n) is 12.5. The fourth-order valence-corrected chi connectivity index (χ4v) is 5.17. The second-order valence-electron chi connectivity index (χ2n) is 6.44. The van der Waals surface area contributed by atoms with E-state index in [4.69, 9.17) is 0 Å². The molecule has 0 unspecified atom stereocenters. The molecule has 2 aliphatic carbocycles. The standard InChI is InChI=1S/C15H24N2O2S2/c1-2-15(6-3-7-15)11-17-21(18,19)14-8-13(20-10-14)9-16-12-4-5-12/h8,10,12,16-17H,2-7,9,11H2,1H3. The third-order valence-electron chi connectivity index (χ3n) is 4.88. The maximum atomic E-state index is 12.4. The predicted octanol–water partition coefficient (Wildman–Crippen LogP) is 2.86. The largest absolute Gasteiger partial charge is 0.309 e. The van der Waals surface area contributed by atoms with Crippen molar-refractivity contribution in [1.29, 1.82) is 0 Å². The molecule has 2 saturated carbocycles. The molecule has 4 nitrogen and oxygen atoms in total. The monoisotopic (exact) mass is 328 g/mol. The first-order valence-corrected chi connectivity index (χ1v) is 10.2. The Morgan fingerprint density at radius 1 is 1.38 bits per heavy atom. The molecule has 0 radical (unpaired) electrons. The predicted molar refractivity (Wildman–Crippen MR) is 85.9 cm³/mol. The van der Waals surface area contributed by atoms with Gasteiger partial charge in [-0.25, -0.2) is 13.1 Å². The smallest absolute Gasteiger partial charge is 0.241 e. The highest BCUT2D eigenvalue weighted by Gasteiger charge is 2.36. The van der Waals surface area contributed by atoms with Crippen LogP contribution in [0.1, 0.15) is 50.3 Å². The molecule has 2 aliphatic rings. The molecule has 3 rings (SSSR count). The maximum Gasteiger partial charge on any atom is 0.241 e. The van der Waals surface area contributed by atoms with E-state index in [1.165, 1.54) is 30.6 Å². The minimum atomic E-state index is -3.35. The molecule has 2 fully saturated rings. The molecule has 0 saturated heterocycles. The second kappa shape index (κ2) is 5.99. The Morgan fingerprint density at radius 3 is 2.71 bits per heavy atom. The second-order valence-corrected chi connectivity index (χ2v) is 9.20. The third-order valence-corrected chi connectivity index (χ3v) is 7.35. The fraction of sp³-hybridized carbons (Fsp3) is 0.733. The lowest BCUT2D eigenvalue weighted by Crippen LogP contribution is -2.41. The van der Waals surface area contributed by atoms with E-state index in [-0.39, 0.29) is 5.41 Å². The van der Waals surface area contributed by atoms with Gasteiger partial charge in [-0.05, 0) is 43.6 Å². The van der Waals surface area contributed by atoms with E-state index in [9.17, 15) is 8.42 Å². The van der Waals surface area contributed by atoms with Crippen LogP contribution in [0.4, 0.5) is 0 Å². The van der Waals surface area contributed by atoms with Crippen LogP contribution >= 0.6 is 11.3 Å². The van der Waals surface area contributed by atoms with E-state index in [1.807, 2.05) is 6.07 Å². The van der Waals surface area contributed by atoms with Crippen LogP contribution in [0.15, 0.2) is 16.3 Å². The van der Waals surface area contributed by atoms with Crippen LogP contribution in [-0.4, -0.2) is 21.0 Å². The molecule has 6 heteroatoms. The average molecular weight is 329 g/mol. The van der Waals surface area contributed by atoms with Crippen LogP contribution in [0, 0.1) is 5.41 Å². The number of hydrogen-bond acceptors (Lipinski definition) is 4. The third kappa shape index (κ3) is 3.67. The van der Waals surface area contributed by atoms with Gasteiger partial charge in [0.05, 0.1) is 4.90 Å². The molecular formula is C15H24N2O2S2. The molecular weight excluding hydrogens is 304 g/mol. The molecule has 0 spiro atoms.